The van der Waals surface area contributed by atoms with E-state index in [1.165, 1.54) is 6.07 Å². The van der Waals surface area contributed by atoms with Crippen LogP contribution in [0, 0.1) is 10.1 Å². The normalized spacial score (nSPS) is 11.4. The lowest BCUT2D eigenvalue weighted by Gasteiger charge is -2.07. The van der Waals surface area contributed by atoms with E-state index in [9.17, 15) is 18.5 Å². The second-order valence-corrected chi connectivity index (χ2v) is 5.83. The minimum absolute atomic E-state index is 0.0704. The maximum Gasteiger partial charge on any atom is 0.270 e. The van der Waals surface area contributed by atoms with Crippen LogP contribution in [0.4, 0.5) is 5.69 Å². The van der Waals surface area contributed by atoms with Gasteiger partial charge in [-0.2, -0.15) is 0 Å². The number of nitro groups is 1. The highest BCUT2D eigenvalue weighted by atomic mass is 35.5. The van der Waals surface area contributed by atoms with Crippen molar-refractivity contribution < 1.29 is 13.3 Å². The Kier molecular flexibility index (Phi) is 5.33. The van der Waals surface area contributed by atoms with Crippen LogP contribution in [-0.4, -0.2) is 25.8 Å². The Hall–Kier alpha value is -0.890. The summed E-state index contributed by atoms with van der Waals surface area (Å²) in [5.74, 6) is 0.311. The Morgan fingerprint density at radius 1 is 1.39 bits per heavy atom. The molecular formula is C9H10Cl2N2O4S. The average molecular weight is 313 g/mol. The van der Waals surface area contributed by atoms with Crippen LogP contribution >= 0.6 is 23.2 Å². The van der Waals surface area contributed by atoms with Crippen LogP contribution in [0.5, 0.6) is 0 Å². The van der Waals surface area contributed by atoms with Gasteiger partial charge in [0.25, 0.3) is 5.69 Å². The SMILES string of the molecule is O=[N+]([O-])c1ccc(Cl)c(S(=O)(=O)NCCCCl)c1. The number of sulfonamides is 1. The number of non-ortho nitro benzene ring substituents is 1. The summed E-state index contributed by atoms with van der Waals surface area (Å²) in [5, 5.41) is 10.5. The van der Waals surface area contributed by atoms with Gasteiger partial charge in [0.05, 0.1) is 9.95 Å². The van der Waals surface area contributed by atoms with E-state index >= 15 is 0 Å². The molecule has 0 aromatic heterocycles. The molecule has 0 saturated carbocycles. The summed E-state index contributed by atoms with van der Waals surface area (Å²) in [4.78, 5) is 9.58. The molecular weight excluding hydrogens is 303 g/mol. The highest BCUT2D eigenvalue weighted by Crippen LogP contribution is 2.25. The van der Waals surface area contributed by atoms with Crippen LogP contribution in [-0.2, 0) is 10.0 Å². The third kappa shape index (κ3) is 3.81. The van der Waals surface area contributed by atoms with E-state index in [0.29, 0.717) is 12.3 Å². The van der Waals surface area contributed by atoms with E-state index in [-0.39, 0.29) is 22.2 Å². The van der Waals surface area contributed by atoms with Crippen LogP contribution in [0.25, 0.3) is 0 Å². The van der Waals surface area contributed by atoms with Crippen molar-refractivity contribution in [2.24, 2.45) is 0 Å². The minimum atomic E-state index is -3.86. The van der Waals surface area contributed by atoms with Gasteiger partial charge in [-0.15, -0.1) is 11.6 Å². The molecule has 1 N–H and O–H groups in total. The molecule has 0 fully saturated rings. The number of rotatable bonds is 6. The van der Waals surface area contributed by atoms with Crippen molar-refractivity contribution in [1.29, 1.82) is 0 Å². The smallest absolute Gasteiger partial charge is 0.258 e. The fraction of sp³-hybridized carbons (Fsp3) is 0.333. The maximum absolute atomic E-state index is 11.8. The Labute approximate surface area is 114 Å². The van der Waals surface area contributed by atoms with E-state index < -0.39 is 14.9 Å². The van der Waals surface area contributed by atoms with Crippen molar-refractivity contribution in [3.8, 4) is 0 Å². The average Bonchev–Trinajstić information content (AvgIpc) is 2.29. The molecule has 0 amide bonds. The van der Waals surface area contributed by atoms with Crippen LogP contribution in [0.2, 0.25) is 5.02 Å². The van der Waals surface area contributed by atoms with Gasteiger partial charge in [-0.3, -0.25) is 10.1 Å². The molecule has 0 aliphatic carbocycles. The van der Waals surface area contributed by atoms with Gasteiger partial charge in [-0.25, -0.2) is 13.1 Å². The molecule has 1 rings (SSSR count). The van der Waals surface area contributed by atoms with Crippen LogP contribution < -0.4 is 4.72 Å². The predicted octanol–water partition coefficient (Wildman–Crippen LogP) is 2.16. The number of halogens is 2. The Bertz CT molecular complexity index is 547. The first-order valence-corrected chi connectivity index (χ1v) is 7.27. The topological polar surface area (TPSA) is 89.3 Å². The lowest BCUT2D eigenvalue weighted by Crippen LogP contribution is -2.25. The van der Waals surface area contributed by atoms with E-state index in [0.717, 1.165) is 12.1 Å². The number of nitro benzene ring substituents is 1. The van der Waals surface area contributed by atoms with Crippen LogP contribution in [0.15, 0.2) is 23.1 Å². The lowest BCUT2D eigenvalue weighted by atomic mass is 10.3. The third-order valence-electron chi connectivity index (χ3n) is 2.02. The van der Waals surface area contributed by atoms with Gasteiger partial charge in [0.15, 0.2) is 0 Å². The molecule has 0 aliphatic rings. The maximum atomic E-state index is 11.8. The van der Waals surface area contributed by atoms with Crippen molar-refractivity contribution >= 4 is 38.9 Å². The summed E-state index contributed by atoms with van der Waals surface area (Å²) in [6, 6.07) is 3.24. The summed E-state index contributed by atoms with van der Waals surface area (Å²) < 4.78 is 25.9. The van der Waals surface area contributed by atoms with Crippen molar-refractivity contribution in [1.82, 2.24) is 4.72 Å². The molecule has 0 spiro atoms. The Morgan fingerprint density at radius 3 is 2.61 bits per heavy atom. The summed E-state index contributed by atoms with van der Waals surface area (Å²) in [5.41, 5.74) is -0.336. The Balaban J connectivity index is 3.07. The highest BCUT2D eigenvalue weighted by molar-refractivity contribution is 7.89. The lowest BCUT2D eigenvalue weighted by molar-refractivity contribution is -0.385. The second kappa shape index (κ2) is 6.33. The highest BCUT2D eigenvalue weighted by Gasteiger charge is 2.20. The van der Waals surface area contributed by atoms with E-state index in [1.54, 1.807) is 0 Å². The monoisotopic (exact) mass is 312 g/mol. The molecule has 0 aliphatic heterocycles. The van der Waals surface area contributed by atoms with Gasteiger partial charge in [-0.05, 0) is 12.5 Å². The van der Waals surface area contributed by atoms with Gasteiger partial charge in [0, 0.05) is 24.6 Å². The molecule has 0 heterocycles. The summed E-state index contributed by atoms with van der Waals surface area (Å²) in [7, 11) is -3.86. The fourth-order valence-corrected chi connectivity index (χ4v) is 2.89. The molecule has 18 heavy (non-hydrogen) atoms. The largest absolute Gasteiger partial charge is 0.270 e. The van der Waals surface area contributed by atoms with E-state index in [1.807, 2.05) is 0 Å². The Morgan fingerprint density at radius 2 is 2.06 bits per heavy atom. The number of benzene rings is 1. The molecule has 100 valence electrons. The number of hydrogen-bond acceptors (Lipinski definition) is 4. The summed E-state index contributed by atoms with van der Waals surface area (Å²) >= 11 is 11.2. The van der Waals surface area contributed by atoms with Crippen molar-refractivity contribution in [3.63, 3.8) is 0 Å². The number of alkyl halides is 1. The van der Waals surface area contributed by atoms with Crippen LogP contribution in [0.1, 0.15) is 6.42 Å². The molecule has 9 heteroatoms. The number of hydrogen-bond donors (Lipinski definition) is 1. The second-order valence-electron chi connectivity index (χ2n) is 3.31. The molecule has 0 unspecified atom stereocenters. The van der Waals surface area contributed by atoms with Gasteiger partial charge < -0.3 is 0 Å². The third-order valence-corrected chi connectivity index (χ3v) is 4.23. The zero-order valence-corrected chi connectivity index (χ0v) is 11.4. The van der Waals surface area contributed by atoms with Gasteiger partial charge in [0.2, 0.25) is 10.0 Å². The summed E-state index contributed by atoms with van der Waals surface area (Å²) in [6.45, 7) is 0.144. The number of nitrogens with one attached hydrogen (secondary N) is 1. The van der Waals surface area contributed by atoms with Crippen LogP contribution in [0.3, 0.4) is 0 Å². The first-order valence-electron chi connectivity index (χ1n) is 4.88. The zero-order chi connectivity index (χ0) is 13.8. The summed E-state index contributed by atoms with van der Waals surface area (Å²) in [6.07, 6.45) is 0.452. The first-order chi connectivity index (χ1) is 8.38. The van der Waals surface area contributed by atoms with E-state index in [2.05, 4.69) is 4.72 Å². The zero-order valence-electron chi connectivity index (χ0n) is 9.10. The van der Waals surface area contributed by atoms with Gasteiger partial charge in [-0.1, -0.05) is 11.6 Å². The predicted molar refractivity (Wildman–Crippen MR) is 68.6 cm³/mol. The molecule has 1 aromatic carbocycles. The number of nitrogens with zero attached hydrogens (tertiary/aromatic N) is 1. The minimum Gasteiger partial charge on any atom is -0.258 e. The van der Waals surface area contributed by atoms with Crippen molar-refractivity contribution in [3.05, 3.63) is 33.3 Å². The van der Waals surface area contributed by atoms with Crippen molar-refractivity contribution in [2.75, 3.05) is 12.4 Å². The fourth-order valence-electron chi connectivity index (χ4n) is 1.16. The molecule has 1 aromatic rings. The van der Waals surface area contributed by atoms with Crippen molar-refractivity contribution in [2.45, 2.75) is 11.3 Å². The van der Waals surface area contributed by atoms with Gasteiger partial charge >= 0.3 is 0 Å². The quantitative estimate of drug-likeness (QED) is 0.377. The standard InChI is InChI=1S/C9H10Cl2N2O4S/c10-4-1-5-12-18(16,17)9-6-7(13(14)15)2-3-8(9)11/h2-3,6,12H,1,4-5H2. The van der Waals surface area contributed by atoms with E-state index in [4.69, 9.17) is 23.2 Å². The molecule has 0 bridgehead atoms. The molecule has 0 radical (unpaired) electrons. The van der Waals surface area contributed by atoms with Gasteiger partial charge in [0.1, 0.15) is 4.90 Å². The molecule has 0 atom stereocenters. The first kappa shape index (κ1) is 15.2. The molecule has 0 saturated heterocycles. The molecule has 6 nitrogen and oxygen atoms in total.